The monoisotopic (exact) mass is 413 g/mol. The first-order chi connectivity index (χ1) is 13.3. The van der Waals surface area contributed by atoms with E-state index in [0.29, 0.717) is 19.1 Å². The summed E-state index contributed by atoms with van der Waals surface area (Å²) in [6.45, 7) is 7.06. The van der Waals surface area contributed by atoms with Gasteiger partial charge in [-0.1, -0.05) is 0 Å². The van der Waals surface area contributed by atoms with E-state index < -0.39 is 15.3 Å². The number of rotatable bonds is 7. The SMILES string of the molecule is CC(C)S(=O)(=O)NC1CCC(CNc2cc(F)cc(N3CCOCC3)c2)CC1. The minimum atomic E-state index is -3.21. The van der Waals surface area contributed by atoms with E-state index in [-0.39, 0.29) is 11.9 Å². The maximum Gasteiger partial charge on any atom is 0.214 e. The number of anilines is 2. The van der Waals surface area contributed by atoms with Crippen molar-refractivity contribution in [2.75, 3.05) is 43.1 Å². The summed E-state index contributed by atoms with van der Waals surface area (Å²) in [6, 6.07) is 5.14. The predicted molar refractivity (Wildman–Crippen MR) is 111 cm³/mol. The molecule has 158 valence electrons. The summed E-state index contributed by atoms with van der Waals surface area (Å²) in [4.78, 5) is 2.14. The predicted octanol–water partition coefficient (Wildman–Crippen LogP) is 2.96. The van der Waals surface area contributed by atoms with E-state index in [2.05, 4.69) is 14.9 Å². The standard InChI is InChI=1S/C20H32FN3O3S/c1-15(2)28(25,26)23-18-5-3-16(4-6-18)14-22-19-11-17(21)12-20(13-19)24-7-9-27-10-8-24/h11-13,15-16,18,22-23H,3-10,14H2,1-2H3. The summed E-state index contributed by atoms with van der Waals surface area (Å²) in [6.07, 6.45) is 3.62. The Bertz CT molecular complexity index is 743. The topological polar surface area (TPSA) is 70.7 Å². The summed E-state index contributed by atoms with van der Waals surface area (Å²) in [5, 5.41) is 2.98. The summed E-state index contributed by atoms with van der Waals surface area (Å²) in [7, 11) is -3.21. The highest BCUT2D eigenvalue weighted by atomic mass is 32.2. The maximum atomic E-state index is 14.1. The molecular weight excluding hydrogens is 381 g/mol. The second-order valence-electron chi connectivity index (χ2n) is 8.11. The molecule has 6 nitrogen and oxygen atoms in total. The third-order valence-corrected chi connectivity index (χ3v) is 7.55. The van der Waals surface area contributed by atoms with Crippen LogP contribution in [0.3, 0.4) is 0 Å². The van der Waals surface area contributed by atoms with Crippen LogP contribution in [-0.4, -0.2) is 52.6 Å². The Morgan fingerprint density at radius 1 is 1.14 bits per heavy atom. The first-order valence-corrected chi connectivity index (χ1v) is 11.8. The molecule has 0 unspecified atom stereocenters. The van der Waals surface area contributed by atoms with Gasteiger partial charge in [-0.25, -0.2) is 17.5 Å². The third kappa shape index (κ3) is 5.81. The lowest BCUT2D eigenvalue weighted by molar-refractivity contribution is 0.122. The number of nitrogens with one attached hydrogen (secondary N) is 2. The molecule has 0 atom stereocenters. The van der Waals surface area contributed by atoms with Gasteiger partial charge in [0.2, 0.25) is 10.0 Å². The van der Waals surface area contributed by atoms with Gasteiger partial charge in [-0.05, 0) is 63.6 Å². The molecule has 1 aromatic carbocycles. The summed E-state index contributed by atoms with van der Waals surface area (Å²) >= 11 is 0. The van der Waals surface area contributed by atoms with Crippen LogP contribution in [0.4, 0.5) is 15.8 Å². The molecule has 8 heteroatoms. The Hall–Kier alpha value is -1.38. The fraction of sp³-hybridized carbons (Fsp3) is 0.700. The molecule has 1 aliphatic carbocycles. The molecule has 28 heavy (non-hydrogen) atoms. The Labute approximate surface area is 167 Å². The highest BCUT2D eigenvalue weighted by Gasteiger charge is 2.26. The minimum absolute atomic E-state index is 0.0331. The van der Waals surface area contributed by atoms with E-state index in [0.717, 1.165) is 56.7 Å². The zero-order chi connectivity index (χ0) is 20.1. The average Bonchev–Trinajstić information content (AvgIpc) is 2.67. The zero-order valence-electron chi connectivity index (χ0n) is 16.8. The van der Waals surface area contributed by atoms with Gasteiger partial charge in [-0.2, -0.15) is 0 Å². The van der Waals surface area contributed by atoms with Gasteiger partial charge in [0.05, 0.1) is 18.5 Å². The van der Waals surface area contributed by atoms with E-state index in [1.54, 1.807) is 19.9 Å². The number of hydrogen-bond donors (Lipinski definition) is 2. The van der Waals surface area contributed by atoms with E-state index in [1.807, 2.05) is 6.07 Å². The molecular formula is C20H32FN3O3S. The largest absolute Gasteiger partial charge is 0.385 e. The van der Waals surface area contributed by atoms with Crippen LogP contribution in [0.15, 0.2) is 18.2 Å². The van der Waals surface area contributed by atoms with Gasteiger partial charge in [0.1, 0.15) is 5.82 Å². The molecule has 1 heterocycles. The van der Waals surface area contributed by atoms with Crippen molar-refractivity contribution in [3.8, 4) is 0 Å². The van der Waals surface area contributed by atoms with Crippen LogP contribution >= 0.6 is 0 Å². The molecule has 2 fully saturated rings. The number of benzene rings is 1. The van der Waals surface area contributed by atoms with Crippen molar-refractivity contribution in [2.45, 2.75) is 50.8 Å². The van der Waals surface area contributed by atoms with Gasteiger partial charge in [0.15, 0.2) is 0 Å². The van der Waals surface area contributed by atoms with E-state index in [4.69, 9.17) is 4.74 Å². The normalized spacial score (nSPS) is 23.8. The second-order valence-corrected chi connectivity index (χ2v) is 10.4. The number of halogens is 1. The average molecular weight is 414 g/mol. The van der Waals surface area contributed by atoms with Crippen molar-refractivity contribution in [1.82, 2.24) is 4.72 Å². The smallest absolute Gasteiger partial charge is 0.214 e. The van der Waals surface area contributed by atoms with Crippen molar-refractivity contribution in [3.63, 3.8) is 0 Å². The minimum Gasteiger partial charge on any atom is -0.385 e. The number of morpholine rings is 1. The molecule has 1 aromatic rings. The summed E-state index contributed by atoms with van der Waals surface area (Å²) < 4.78 is 46.3. The summed E-state index contributed by atoms with van der Waals surface area (Å²) in [5.41, 5.74) is 1.68. The Morgan fingerprint density at radius 3 is 2.46 bits per heavy atom. The van der Waals surface area contributed by atoms with Crippen LogP contribution in [0.1, 0.15) is 39.5 Å². The summed E-state index contributed by atoms with van der Waals surface area (Å²) in [5.74, 6) is 0.230. The van der Waals surface area contributed by atoms with Crippen molar-refractivity contribution in [3.05, 3.63) is 24.0 Å². The molecule has 0 aromatic heterocycles. The second kappa shape index (κ2) is 9.41. The van der Waals surface area contributed by atoms with Gasteiger partial charge in [-0.15, -0.1) is 0 Å². The molecule has 0 spiro atoms. The third-order valence-electron chi connectivity index (χ3n) is 5.65. The van der Waals surface area contributed by atoms with Gasteiger partial charge in [-0.3, -0.25) is 0 Å². The van der Waals surface area contributed by atoms with E-state index in [1.165, 1.54) is 6.07 Å². The van der Waals surface area contributed by atoms with Gasteiger partial charge < -0.3 is 15.0 Å². The van der Waals surface area contributed by atoms with Crippen LogP contribution in [0, 0.1) is 11.7 Å². The van der Waals surface area contributed by atoms with Crippen LogP contribution in [0.25, 0.3) is 0 Å². The van der Waals surface area contributed by atoms with Crippen molar-refractivity contribution < 1.29 is 17.5 Å². The first-order valence-electron chi connectivity index (χ1n) is 10.2. The molecule has 2 aliphatic rings. The highest BCUT2D eigenvalue weighted by Crippen LogP contribution is 2.27. The Balaban J connectivity index is 1.49. The van der Waals surface area contributed by atoms with Crippen LogP contribution in [0.2, 0.25) is 0 Å². The number of hydrogen-bond acceptors (Lipinski definition) is 5. The number of sulfonamides is 1. The molecule has 0 radical (unpaired) electrons. The van der Waals surface area contributed by atoms with Gasteiger partial charge in [0, 0.05) is 37.1 Å². The van der Waals surface area contributed by atoms with Crippen LogP contribution in [-0.2, 0) is 14.8 Å². The van der Waals surface area contributed by atoms with Gasteiger partial charge in [0.25, 0.3) is 0 Å². The molecule has 2 N–H and O–H groups in total. The molecule has 0 bridgehead atoms. The number of ether oxygens (including phenoxy) is 1. The molecule has 3 rings (SSSR count). The van der Waals surface area contributed by atoms with Crippen LogP contribution in [0.5, 0.6) is 0 Å². The molecule has 0 amide bonds. The zero-order valence-corrected chi connectivity index (χ0v) is 17.6. The van der Waals surface area contributed by atoms with Crippen molar-refractivity contribution in [2.24, 2.45) is 5.92 Å². The fourth-order valence-corrected chi connectivity index (χ4v) is 4.77. The fourth-order valence-electron chi connectivity index (χ4n) is 3.80. The van der Waals surface area contributed by atoms with Crippen LogP contribution < -0.4 is 14.9 Å². The lowest BCUT2D eigenvalue weighted by Crippen LogP contribution is -2.41. The Kier molecular flexibility index (Phi) is 7.17. The maximum absolute atomic E-state index is 14.1. The van der Waals surface area contributed by atoms with E-state index >= 15 is 0 Å². The van der Waals surface area contributed by atoms with Gasteiger partial charge >= 0.3 is 0 Å². The molecule has 1 aliphatic heterocycles. The quantitative estimate of drug-likeness (QED) is 0.719. The van der Waals surface area contributed by atoms with Crippen molar-refractivity contribution in [1.29, 1.82) is 0 Å². The highest BCUT2D eigenvalue weighted by molar-refractivity contribution is 7.90. The lowest BCUT2D eigenvalue weighted by Gasteiger charge is -2.30. The van der Waals surface area contributed by atoms with E-state index in [9.17, 15) is 12.8 Å². The molecule has 1 saturated heterocycles. The molecule has 1 saturated carbocycles. The Morgan fingerprint density at radius 2 is 1.82 bits per heavy atom. The lowest BCUT2D eigenvalue weighted by atomic mass is 9.86. The number of nitrogens with zero attached hydrogens (tertiary/aromatic N) is 1. The van der Waals surface area contributed by atoms with Crippen molar-refractivity contribution >= 4 is 21.4 Å². The first kappa shape index (κ1) is 21.3.